The molecule has 21 heavy (non-hydrogen) atoms. The number of hydroxylamine groups is 2. The van der Waals surface area contributed by atoms with Crippen molar-refractivity contribution in [2.75, 3.05) is 13.2 Å². The third kappa shape index (κ3) is 3.75. The first-order valence-corrected chi connectivity index (χ1v) is 7.80. The van der Waals surface area contributed by atoms with E-state index >= 15 is 0 Å². The molecule has 0 bridgehead atoms. The average molecular weight is 297 g/mol. The van der Waals surface area contributed by atoms with Crippen LogP contribution in [0.1, 0.15) is 53.4 Å². The molecule has 1 fully saturated rings. The molecule has 0 aromatic carbocycles. The average Bonchev–Trinajstić information content (AvgIpc) is 2.47. The minimum atomic E-state index is -0.711. The lowest BCUT2D eigenvalue weighted by molar-refractivity contribution is -0.345. The van der Waals surface area contributed by atoms with Gasteiger partial charge in [-0.15, -0.1) is 13.2 Å². The Kier molecular flexibility index (Phi) is 6.17. The summed E-state index contributed by atoms with van der Waals surface area (Å²) in [5, 5.41) is 12.2. The zero-order valence-electron chi connectivity index (χ0n) is 14.0. The van der Waals surface area contributed by atoms with Crippen molar-refractivity contribution >= 4 is 0 Å². The molecule has 0 aliphatic carbocycles. The molecular weight excluding hydrogens is 266 g/mol. The van der Waals surface area contributed by atoms with Gasteiger partial charge in [0.1, 0.15) is 0 Å². The first-order valence-electron chi connectivity index (χ1n) is 7.80. The van der Waals surface area contributed by atoms with Crippen LogP contribution in [0, 0.1) is 0 Å². The number of hydrogen-bond donors (Lipinski definition) is 1. The molecule has 122 valence electrons. The largest absolute Gasteiger partial charge is 0.346 e. The minimum Gasteiger partial charge on any atom is -0.346 e. The fourth-order valence-electron chi connectivity index (χ4n) is 3.48. The van der Waals surface area contributed by atoms with Gasteiger partial charge in [-0.3, -0.25) is 0 Å². The van der Waals surface area contributed by atoms with Crippen molar-refractivity contribution in [3.63, 3.8) is 0 Å². The third-order valence-electron chi connectivity index (χ3n) is 4.57. The number of piperidine rings is 1. The summed E-state index contributed by atoms with van der Waals surface area (Å²) in [5.74, 6) is -0.711. The number of rotatable bonds is 8. The topological polar surface area (TPSA) is 41.9 Å². The van der Waals surface area contributed by atoms with Crippen LogP contribution in [0.3, 0.4) is 0 Å². The third-order valence-corrected chi connectivity index (χ3v) is 4.57. The van der Waals surface area contributed by atoms with Crippen LogP contribution < -0.4 is 0 Å². The summed E-state index contributed by atoms with van der Waals surface area (Å²) in [6.07, 6.45) is 6.36. The van der Waals surface area contributed by atoms with E-state index in [0.717, 1.165) is 12.8 Å². The standard InChI is InChI=1S/C17H31NO3/c1-7-11-20-17(21-12-8-2)13-15(5,6)18(19)16(9-3,10-4)14-17/h7-8,19H,1-2,9-14H2,3-6H3. The first-order chi connectivity index (χ1) is 9.81. The van der Waals surface area contributed by atoms with Crippen LogP contribution in [0.5, 0.6) is 0 Å². The Morgan fingerprint density at radius 2 is 1.52 bits per heavy atom. The molecule has 1 N–H and O–H groups in total. The zero-order chi connectivity index (χ0) is 16.1. The van der Waals surface area contributed by atoms with Gasteiger partial charge in [-0.1, -0.05) is 26.0 Å². The van der Waals surface area contributed by atoms with Crippen LogP contribution in [0.2, 0.25) is 0 Å². The number of nitrogens with zero attached hydrogens (tertiary/aromatic N) is 1. The van der Waals surface area contributed by atoms with E-state index in [-0.39, 0.29) is 5.54 Å². The second-order valence-electron chi connectivity index (χ2n) is 6.52. The lowest BCUT2D eigenvalue weighted by Gasteiger charge is -2.57. The molecule has 1 heterocycles. The fourth-order valence-corrected chi connectivity index (χ4v) is 3.48. The van der Waals surface area contributed by atoms with E-state index in [1.165, 1.54) is 5.06 Å². The van der Waals surface area contributed by atoms with E-state index in [2.05, 4.69) is 27.0 Å². The summed E-state index contributed by atoms with van der Waals surface area (Å²) in [5.41, 5.74) is -0.767. The van der Waals surface area contributed by atoms with E-state index in [9.17, 15) is 5.21 Å². The quantitative estimate of drug-likeness (QED) is 0.545. The summed E-state index contributed by atoms with van der Waals surface area (Å²) >= 11 is 0. The van der Waals surface area contributed by atoms with Gasteiger partial charge < -0.3 is 14.7 Å². The Balaban J connectivity index is 3.16. The lowest BCUT2D eigenvalue weighted by Crippen LogP contribution is -2.67. The second-order valence-corrected chi connectivity index (χ2v) is 6.52. The molecule has 0 radical (unpaired) electrons. The summed E-state index contributed by atoms with van der Waals surface area (Å²) in [6, 6.07) is 0. The molecule has 1 aliphatic rings. The van der Waals surface area contributed by atoms with Crippen molar-refractivity contribution in [3.05, 3.63) is 25.3 Å². The molecule has 4 nitrogen and oxygen atoms in total. The van der Waals surface area contributed by atoms with E-state index in [1.54, 1.807) is 12.2 Å². The molecule has 0 saturated carbocycles. The van der Waals surface area contributed by atoms with Crippen LogP contribution in [-0.2, 0) is 9.47 Å². The van der Waals surface area contributed by atoms with E-state index in [0.29, 0.717) is 26.1 Å². The molecule has 1 saturated heterocycles. The Morgan fingerprint density at radius 1 is 1.05 bits per heavy atom. The van der Waals surface area contributed by atoms with Crippen molar-refractivity contribution in [1.29, 1.82) is 0 Å². The molecule has 0 aromatic heterocycles. The maximum Gasteiger partial charge on any atom is 0.172 e. The summed E-state index contributed by atoms with van der Waals surface area (Å²) < 4.78 is 12.1. The second kappa shape index (κ2) is 7.05. The van der Waals surface area contributed by atoms with Gasteiger partial charge in [0, 0.05) is 18.4 Å². The Bertz CT molecular complexity index is 349. The highest BCUT2D eigenvalue weighted by atomic mass is 16.7. The van der Waals surface area contributed by atoms with Crippen LogP contribution in [0.15, 0.2) is 25.3 Å². The van der Waals surface area contributed by atoms with Gasteiger partial charge in [0.2, 0.25) is 0 Å². The maximum absolute atomic E-state index is 10.7. The Hall–Kier alpha value is -0.680. The van der Waals surface area contributed by atoms with Gasteiger partial charge in [0.15, 0.2) is 5.79 Å². The fraction of sp³-hybridized carbons (Fsp3) is 0.765. The molecule has 0 aromatic rings. The van der Waals surface area contributed by atoms with Gasteiger partial charge in [-0.05, 0) is 26.7 Å². The van der Waals surface area contributed by atoms with Crippen LogP contribution >= 0.6 is 0 Å². The monoisotopic (exact) mass is 297 g/mol. The molecule has 1 aliphatic heterocycles. The van der Waals surface area contributed by atoms with Gasteiger partial charge in [0.05, 0.1) is 18.8 Å². The van der Waals surface area contributed by atoms with Crippen LogP contribution in [0.25, 0.3) is 0 Å². The van der Waals surface area contributed by atoms with Gasteiger partial charge in [-0.25, -0.2) is 0 Å². The highest BCUT2D eigenvalue weighted by Crippen LogP contribution is 2.47. The van der Waals surface area contributed by atoms with Gasteiger partial charge >= 0.3 is 0 Å². The molecule has 0 atom stereocenters. The van der Waals surface area contributed by atoms with Crippen LogP contribution in [0.4, 0.5) is 0 Å². The van der Waals surface area contributed by atoms with Crippen molar-refractivity contribution in [2.45, 2.75) is 70.2 Å². The minimum absolute atomic E-state index is 0.343. The Morgan fingerprint density at radius 3 is 1.90 bits per heavy atom. The number of hydrogen-bond acceptors (Lipinski definition) is 4. The SMILES string of the molecule is C=CCOC1(OCC=C)CC(C)(C)N(O)C(CC)(CC)C1. The predicted octanol–water partition coefficient (Wildman–Crippen LogP) is 3.91. The Labute approximate surface area is 129 Å². The molecule has 0 spiro atoms. The van der Waals surface area contributed by atoms with Gasteiger partial charge in [0.25, 0.3) is 0 Å². The van der Waals surface area contributed by atoms with Gasteiger partial charge in [-0.2, -0.15) is 5.06 Å². The molecule has 0 unspecified atom stereocenters. The first kappa shape index (κ1) is 18.4. The van der Waals surface area contributed by atoms with Crippen molar-refractivity contribution in [2.24, 2.45) is 0 Å². The van der Waals surface area contributed by atoms with E-state index in [4.69, 9.17) is 9.47 Å². The zero-order valence-corrected chi connectivity index (χ0v) is 14.0. The highest BCUT2D eigenvalue weighted by Gasteiger charge is 2.56. The lowest BCUT2D eigenvalue weighted by atomic mass is 9.73. The normalized spacial score (nSPS) is 23.7. The van der Waals surface area contributed by atoms with Crippen LogP contribution in [-0.4, -0.2) is 40.3 Å². The van der Waals surface area contributed by atoms with E-state index < -0.39 is 11.3 Å². The number of ether oxygens (including phenoxy) is 2. The summed E-state index contributed by atoms with van der Waals surface area (Å²) in [6.45, 7) is 16.6. The molecular formula is C17H31NO3. The highest BCUT2D eigenvalue weighted by molar-refractivity contribution is 5.04. The smallest absolute Gasteiger partial charge is 0.172 e. The molecule has 4 heteroatoms. The molecule has 0 amide bonds. The molecule has 1 rings (SSSR count). The van der Waals surface area contributed by atoms with Crippen molar-refractivity contribution in [3.8, 4) is 0 Å². The summed E-state index contributed by atoms with van der Waals surface area (Å²) in [4.78, 5) is 0. The maximum atomic E-state index is 10.7. The predicted molar refractivity (Wildman–Crippen MR) is 85.3 cm³/mol. The summed E-state index contributed by atoms with van der Waals surface area (Å²) in [7, 11) is 0. The van der Waals surface area contributed by atoms with E-state index in [1.807, 2.05) is 13.8 Å². The van der Waals surface area contributed by atoms with Crippen molar-refractivity contribution < 1.29 is 14.7 Å². The van der Waals surface area contributed by atoms with Crippen molar-refractivity contribution in [1.82, 2.24) is 5.06 Å².